The highest BCUT2D eigenvalue weighted by molar-refractivity contribution is 7.99. The fraction of sp³-hybridized carbons (Fsp3) is 0.353. The van der Waals surface area contributed by atoms with Gasteiger partial charge in [-0.05, 0) is 43.4 Å². The maximum absolute atomic E-state index is 12.5. The molecular weight excluding hydrogens is 399 g/mol. The third-order valence-electron chi connectivity index (χ3n) is 4.09. The van der Waals surface area contributed by atoms with Gasteiger partial charge in [-0.15, -0.1) is 11.3 Å². The second kappa shape index (κ2) is 7.89. The highest BCUT2D eigenvalue weighted by Gasteiger charge is 2.30. The number of thioether (sulfide) groups is 1. The molecule has 2 aromatic heterocycles. The molecule has 0 aliphatic heterocycles. The van der Waals surface area contributed by atoms with E-state index in [9.17, 15) is 22.8 Å². The standard InChI is InChI=1S/C17H16F3N3O2S2/c18-17(19,20)9-5-6-13(22-7-9)26-8-12(24)23-16-14(15(21)25)10-3-1-2-4-11(10)27-16/h5-7H,1-4,8H2,(H2,21,25)(H,23,24). The maximum atomic E-state index is 12.5. The molecule has 5 nitrogen and oxygen atoms in total. The van der Waals surface area contributed by atoms with E-state index >= 15 is 0 Å². The number of nitrogens with one attached hydrogen (secondary N) is 1. The Hall–Kier alpha value is -2.07. The molecule has 144 valence electrons. The van der Waals surface area contributed by atoms with Crippen LogP contribution in [0.15, 0.2) is 23.4 Å². The maximum Gasteiger partial charge on any atom is 0.417 e. The number of rotatable bonds is 5. The van der Waals surface area contributed by atoms with E-state index in [1.54, 1.807) is 0 Å². The largest absolute Gasteiger partial charge is 0.417 e. The molecule has 0 aromatic carbocycles. The Bertz CT molecular complexity index is 864. The van der Waals surface area contributed by atoms with E-state index in [-0.39, 0.29) is 11.7 Å². The van der Waals surface area contributed by atoms with Crippen molar-refractivity contribution in [2.45, 2.75) is 36.9 Å². The number of carbonyl (C=O) groups excluding carboxylic acids is 2. The average Bonchev–Trinajstić information content (AvgIpc) is 2.97. The van der Waals surface area contributed by atoms with Crippen molar-refractivity contribution in [3.63, 3.8) is 0 Å². The zero-order valence-corrected chi connectivity index (χ0v) is 15.7. The number of primary amides is 1. The molecule has 2 heterocycles. The lowest BCUT2D eigenvalue weighted by Gasteiger charge is -2.11. The minimum Gasteiger partial charge on any atom is -0.365 e. The summed E-state index contributed by atoms with van der Waals surface area (Å²) in [6.45, 7) is 0. The van der Waals surface area contributed by atoms with Gasteiger partial charge in [-0.25, -0.2) is 4.98 Å². The number of thiophene rings is 1. The van der Waals surface area contributed by atoms with Gasteiger partial charge < -0.3 is 11.1 Å². The molecule has 3 rings (SSSR count). The first-order valence-corrected chi connectivity index (χ1v) is 9.96. The number of hydrogen-bond donors (Lipinski definition) is 2. The van der Waals surface area contributed by atoms with Gasteiger partial charge in [-0.3, -0.25) is 9.59 Å². The number of nitrogens with two attached hydrogens (primary N) is 1. The quantitative estimate of drug-likeness (QED) is 0.726. The third kappa shape index (κ3) is 4.62. The van der Waals surface area contributed by atoms with Crippen LogP contribution in [0.1, 0.15) is 39.2 Å². The Labute approximate surface area is 161 Å². The first-order valence-electron chi connectivity index (χ1n) is 8.16. The molecule has 2 amide bonds. The monoisotopic (exact) mass is 415 g/mol. The third-order valence-corrected chi connectivity index (χ3v) is 6.24. The van der Waals surface area contributed by atoms with Gasteiger partial charge in [0.2, 0.25) is 5.91 Å². The summed E-state index contributed by atoms with van der Waals surface area (Å²) in [6.07, 6.45) is -0.0677. The second-order valence-electron chi connectivity index (χ2n) is 6.00. The molecule has 1 aliphatic carbocycles. The summed E-state index contributed by atoms with van der Waals surface area (Å²) in [5.41, 5.74) is 5.94. The van der Waals surface area contributed by atoms with Crippen molar-refractivity contribution in [1.82, 2.24) is 4.98 Å². The number of halogens is 3. The van der Waals surface area contributed by atoms with Gasteiger partial charge >= 0.3 is 6.18 Å². The minimum atomic E-state index is -4.45. The van der Waals surface area contributed by atoms with Gasteiger partial charge in [0.05, 0.1) is 21.9 Å². The molecule has 10 heteroatoms. The summed E-state index contributed by atoms with van der Waals surface area (Å²) in [5, 5.41) is 3.45. The predicted octanol–water partition coefficient (Wildman–Crippen LogP) is 3.87. The van der Waals surface area contributed by atoms with E-state index in [4.69, 9.17) is 5.73 Å². The molecule has 0 atom stereocenters. The molecule has 27 heavy (non-hydrogen) atoms. The number of aryl methyl sites for hydroxylation is 1. The topological polar surface area (TPSA) is 85.1 Å². The van der Waals surface area contributed by atoms with Crippen molar-refractivity contribution < 1.29 is 22.8 Å². The molecule has 0 spiro atoms. The van der Waals surface area contributed by atoms with Crippen LogP contribution in [0.4, 0.5) is 18.2 Å². The predicted molar refractivity (Wildman–Crippen MR) is 98.1 cm³/mol. The van der Waals surface area contributed by atoms with Crippen LogP contribution in [0.2, 0.25) is 0 Å². The number of alkyl halides is 3. The molecule has 0 saturated heterocycles. The summed E-state index contributed by atoms with van der Waals surface area (Å²) in [4.78, 5) is 28.8. The molecule has 2 aromatic rings. The Morgan fingerprint density at radius 2 is 2.00 bits per heavy atom. The first kappa shape index (κ1) is 19.7. The summed E-state index contributed by atoms with van der Waals surface area (Å²) in [5.74, 6) is -0.983. The van der Waals surface area contributed by atoms with Crippen LogP contribution in [-0.2, 0) is 23.8 Å². The zero-order chi connectivity index (χ0) is 19.6. The van der Waals surface area contributed by atoms with E-state index < -0.39 is 17.6 Å². The van der Waals surface area contributed by atoms with E-state index in [0.29, 0.717) is 15.6 Å². The number of amides is 2. The van der Waals surface area contributed by atoms with Crippen molar-refractivity contribution >= 4 is 39.9 Å². The van der Waals surface area contributed by atoms with Crippen LogP contribution in [0, 0.1) is 0 Å². The van der Waals surface area contributed by atoms with E-state index in [0.717, 1.165) is 60.1 Å². The SMILES string of the molecule is NC(=O)c1c(NC(=O)CSc2ccc(C(F)(F)F)cn2)sc2c1CCCC2. The Morgan fingerprint density at radius 3 is 2.63 bits per heavy atom. The summed E-state index contributed by atoms with van der Waals surface area (Å²) in [7, 11) is 0. The van der Waals surface area contributed by atoms with Crippen LogP contribution < -0.4 is 11.1 Å². The smallest absolute Gasteiger partial charge is 0.365 e. The number of fused-ring (bicyclic) bond motifs is 1. The van der Waals surface area contributed by atoms with Gasteiger partial charge in [0.25, 0.3) is 5.91 Å². The van der Waals surface area contributed by atoms with Crippen molar-refractivity contribution in [2.24, 2.45) is 5.73 Å². The van der Waals surface area contributed by atoms with Crippen LogP contribution in [0.25, 0.3) is 0 Å². The van der Waals surface area contributed by atoms with Crippen molar-refractivity contribution in [3.05, 3.63) is 39.9 Å². The lowest BCUT2D eigenvalue weighted by atomic mass is 9.95. The van der Waals surface area contributed by atoms with Gasteiger partial charge in [-0.1, -0.05) is 11.8 Å². The molecule has 0 unspecified atom stereocenters. The lowest BCUT2D eigenvalue weighted by Crippen LogP contribution is -2.19. The van der Waals surface area contributed by atoms with Crippen LogP contribution in [-0.4, -0.2) is 22.6 Å². The molecule has 3 N–H and O–H groups in total. The van der Waals surface area contributed by atoms with Crippen molar-refractivity contribution in [2.75, 3.05) is 11.1 Å². The number of pyridine rings is 1. The highest BCUT2D eigenvalue weighted by atomic mass is 32.2. The van der Waals surface area contributed by atoms with Crippen molar-refractivity contribution in [3.8, 4) is 0 Å². The molecular formula is C17H16F3N3O2S2. The Balaban J connectivity index is 1.65. The number of aromatic nitrogens is 1. The normalized spacial score (nSPS) is 13.9. The second-order valence-corrected chi connectivity index (χ2v) is 8.10. The number of hydrogen-bond acceptors (Lipinski definition) is 5. The van der Waals surface area contributed by atoms with Crippen LogP contribution in [0.3, 0.4) is 0 Å². The van der Waals surface area contributed by atoms with Crippen LogP contribution in [0.5, 0.6) is 0 Å². The number of anilines is 1. The fourth-order valence-electron chi connectivity index (χ4n) is 2.85. The van der Waals surface area contributed by atoms with Gasteiger partial charge in [-0.2, -0.15) is 13.2 Å². The van der Waals surface area contributed by atoms with Gasteiger partial charge in [0.1, 0.15) is 5.00 Å². The number of carbonyl (C=O) groups is 2. The molecule has 0 fully saturated rings. The molecule has 1 aliphatic rings. The van der Waals surface area contributed by atoms with Crippen LogP contribution >= 0.6 is 23.1 Å². The van der Waals surface area contributed by atoms with E-state index in [1.165, 1.54) is 17.4 Å². The Morgan fingerprint density at radius 1 is 1.26 bits per heavy atom. The van der Waals surface area contributed by atoms with E-state index in [1.807, 2.05) is 0 Å². The van der Waals surface area contributed by atoms with Crippen molar-refractivity contribution in [1.29, 1.82) is 0 Å². The van der Waals surface area contributed by atoms with Gasteiger partial charge in [0.15, 0.2) is 0 Å². The molecule has 0 saturated carbocycles. The minimum absolute atomic E-state index is 0.0425. The number of nitrogens with zero attached hydrogens (tertiary/aromatic N) is 1. The Kier molecular flexibility index (Phi) is 5.75. The zero-order valence-electron chi connectivity index (χ0n) is 14.1. The highest BCUT2D eigenvalue weighted by Crippen LogP contribution is 2.38. The van der Waals surface area contributed by atoms with Gasteiger partial charge in [0, 0.05) is 11.1 Å². The fourth-order valence-corrected chi connectivity index (χ4v) is 4.80. The average molecular weight is 415 g/mol. The summed E-state index contributed by atoms with van der Waals surface area (Å²) < 4.78 is 37.6. The van der Waals surface area contributed by atoms with E-state index in [2.05, 4.69) is 10.3 Å². The summed E-state index contributed by atoms with van der Waals surface area (Å²) >= 11 is 2.38. The molecule has 0 radical (unpaired) electrons. The molecule has 0 bridgehead atoms. The summed E-state index contributed by atoms with van der Waals surface area (Å²) in [6, 6.07) is 2.14. The first-order chi connectivity index (χ1) is 12.8. The lowest BCUT2D eigenvalue weighted by molar-refractivity contribution is -0.137.